The number of esters is 1. The Labute approximate surface area is 135 Å². The molecule has 0 amide bonds. The number of aromatic nitrogens is 1. The van der Waals surface area contributed by atoms with Crippen molar-refractivity contribution in [2.75, 3.05) is 12.9 Å². The Morgan fingerprint density at radius 2 is 2.18 bits per heavy atom. The summed E-state index contributed by atoms with van der Waals surface area (Å²) in [4.78, 5) is 28.2. The van der Waals surface area contributed by atoms with Crippen LogP contribution >= 0.6 is 23.1 Å². The van der Waals surface area contributed by atoms with Crippen molar-refractivity contribution < 1.29 is 14.3 Å². The van der Waals surface area contributed by atoms with Gasteiger partial charge in [-0.1, -0.05) is 0 Å². The van der Waals surface area contributed by atoms with Gasteiger partial charge in [0.05, 0.1) is 12.1 Å². The molecule has 0 aliphatic heterocycles. The highest BCUT2D eigenvalue weighted by Gasteiger charge is 2.14. The van der Waals surface area contributed by atoms with Crippen molar-refractivity contribution in [2.45, 2.75) is 11.9 Å². The molecule has 3 aromatic rings. The Bertz CT molecular complexity index is 886. The number of pyridine rings is 1. The average Bonchev–Trinajstić information content (AvgIpc) is 2.98. The highest BCUT2D eigenvalue weighted by molar-refractivity contribution is 7.98. The molecule has 4 nitrogen and oxygen atoms in total. The zero-order valence-electron chi connectivity index (χ0n) is 12.1. The predicted molar refractivity (Wildman–Crippen MR) is 90.3 cm³/mol. The van der Waals surface area contributed by atoms with E-state index in [2.05, 4.69) is 4.98 Å². The van der Waals surface area contributed by atoms with Crippen LogP contribution in [0.5, 0.6) is 0 Å². The zero-order valence-corrected chi connectivity index (χ0v) is 13.7. The second kappa shape index (κ2) is 6.06. The monoisotopic (exact) mass is 331 g/mol. The lowest BCUT2D eigenvalue weighted by Crippen LogP contribution is -2.01. The third kappa shape index (κ3) is 2.48. The van der Waals surface area contributed by atoms with Gasteiger partial charge in [0.25, 0.3) is 0 Å². The number of hydrogen-bond acceptors (Lipinski definition) is 6. The third-order valence-corrected chi connectivity index (χ3v) is 5.08. The van der Waals surface area contributed by atoms with E-state index in [1.165, 1.54) is 23.1 Å². The lowest BCUT2D eigenvalue weighted by atomic mass is 10.1. The van der Waals surface area contributed by atoms with E-state index in [4.69, 9.17) is 4.74 Å². The minimum atomic E-state index is -0.318. The van der Waals surface area contributed by atoms with Gasteiger partial charge < -0.3 is 4.74 Å². The summed E-state index contributed by atoms with van der Waals surface area (Å²) in [6.07, 6.45) is 2.71. The molecule has 0 aliphatic carbocycles. The average molecular weight is 331 g/mol. The minimum absolute atomic E-state index is 0.318. The van der Waals surface area contributed by atoms with Crippen LogP contribution in [0.1, 0.15) is 27.0 Å². The summed E-state index contributed by atoms with van der Waals surface area (Å²) < 4.78 is 6.03. The molecule has 0 radical (unpaired) electrons. The van der Waals surface area contributed by atoms with Crippen LogP contribution in [0.15, 0.2) is 29.3 Å². The predicted octanol–water partition coefficient (Wildman–Crippen LogP) is 4.16. The summed E-state index contributed by atoms with van der Waals surface area (Å²) in [5.41, 5.74) is 1.38. The molecule has 0 spiro atoms. The fourth-order valence-electron chi connectivity index (χ4n) is 2.31. The summed E-state index contributed by atoms with van der Waals surface area (Å²) >= 11 is 2.83. The Kier molecular flexibility index (Phi) is 4.13. The Hall–Kier alpha value is -1.92. The van der Waals surface area contributed by atoms with Crippen LogP contribution in [-0.2, 0) is 4.74 Å². The van der Waals surface area contributed by atoms with Crippen LogP contribution < -0.4 is 0 Å². The number of rotatable bonds is 4. The molecule has 22 heavy (non-hydrogen) atoms. The number of hydrogen-bond donors (Lipinski definition) is 0. The minimum Gasteiger partial charge on any atom is -0.462 e. The maximum Gasteiger partial charge on any atom is 0.348 e. The van der Waals surface area contributed by atoms with Crippen LogP contribution in [0.3, 0.4) is 0 Å². The van der Waals surface area contributed by atoms with E-state index in [9.17, 15) is 9.59 Å². The molecule has 0 bridgehead atoms. The van der Waals surface area contributed by atoms with Crippen LogP contribution in [-0.4, -0.2) is 30.1 Å². The molecular formula is C16H13NO3S2. The Morgan fingerprint density at radius 1 is 1.36 bits per heavy atom. The second-order valence-corrected chi connectivity index (χ2v) is 6.46. The van der Waals surface area contributed by atoms with Gasteiger partial charge in [-0.05, 0) is 37.4 Å². The van der Waals surface area contributed by atoms with Crippen LogP contribution in [0.4, 0.5) is 0 Å². The van der Waals surface area contributed by atoms with Crippen molar-refractivity contribution in [2.24, 2.45) is 0 Å². The molecule has 0 N–H and O–H groups in total. The quantitative estimate of drug-likeness (QED) is 0.408. The molecule has 0 fully saturated rings. The van der Waals surface area contributed by atoms with Crippen molar-refractivity contribution in [1.29, 1.82) is 0 Å². The van der Waals surface area contributed by atoms with Gasteiger partial charge >= 0.3 is 5.97 Å². The molecule has 1 aromatic carbocycles. The molecule has 0 unspecified atom stereocenters. The lowest BCUT2D eigenvalue weighted by molar-refractivity contribution is 0.0532. The van der Waals surface area contributed by atoms with Gasteiger partial charge in [-0.2, -0.15) is 0 Å². The Morgan fingerprint density at radius 3 is 2.86 bits per heavy atom. The van der Waals surface area contributed by atoms with Gasteiger partial charge in [0.1, 0.15) is 9.90 Å². The first-order valence-corrected chi connectivity index (χ1v) is 8.75. The molecule has 2 aromatic heterocycles. The largest absolute Gasteiger partial charge is 0.462 e. The zero-order chi connectivity index (χ0) is 15.7. The lowest BCUT2D eigenvalue weighted by Gasteiger charge is -2.04. The van der Waals surface area contributed by atoms with E-state index in [1.54, 1.807) is 6.92 Å². The second-order valence-electron chi connectivity index (χ2n) is 4.58. The fourth-order valence-corrected chi connectivity index (χ4v) is 3.82. The summed E-state index contributed by atoms with van der Waals surface area (Å²) in [7, 11) is 0. The summed E-state index contributed by atoms with van der Waals surface area (Å²) in [5.74, 6) is -0.318. The van der Waals surface area contributed by atoms with Crippen molar-refractivity contribution in [1.82, 2.24) is 4.98 Å². The highest BCUT2D eigenvalue weighted by atomic mass is 32.2. The summed E-state index contributed by atoms with van der Waals surface area (Å²) in [6.45, 7) is 2.13. The van der Waals surface area contributed by atoms with E-state index >= 15 is 0 Å². The van der Waals surface area contributed by atoms with Crippen molar-refractivity contribution in [3.8, 4) is 0 Å². The standard InChI is InChI=1S/C16H13NO3S2/c1-3-20-16(19)14-7-11-10-6-9(8-18)15(21-2)17-12(10)4-5-13(11)22-14/h4-8H,3H2,1-2H3. The molecular weight excluding hydrogens is 318 g/mol. The normalized spacial score (nSPS) is 11.0. The van der Waals surface area contributed by atoms with E-state index in [0.717, 1.165) is 27.3 Å². The van der Waals surface area contributed by atoms with Gasteiger partial charge in [0.15, 0.2) is 6.29 Å². The van der Waals surface area contributed by atoms with Gasteiger partial charge in [-0.15, -0.1) is 23.1 Å². The molecule has 0 atom stereocenters. The first kappa shape index (κ1) is 15.0. The maximum atomic E-state index is 11.9. The number of thiophene rings is 1. The van der Waals surface area contributed by atoms with E-state index < -0.39 is 0 Å². The van der Waals surface area contributed by atoms with Crippen molar-refractivity contribution in [3.05, 3.63) is 34.7 Å². The molecule has 0 aliphatic rings. The summed E-state index contributed by atoms with van der Waals surface area (Å²) in [5, 5.41) is 2.51. The number of nitrogens with zero attached hydrogens (tertiary/aromatic N) is 1. The van der Waals surface area contributed by atoms with Crippen LogP contribution in [0, 0.1) is 0 Å². The van der Waals surface area contributed by atoms with E-state index in [0.29, 0.717) is 22.1 Å². The molecule has 0 saturated heterocycles. The number of thioether (sulfide) groups is 1. The number of benzene rings is 1. The molecule has 2 heterocycles. The SMILES string of the molecule is CCOC(=O)c1cc2c(ccc3nc(SC)c(C=O)cc32)s1. The van der Waals surface area contributed by atoms with Gasteiger partial charge in [0.2, 0.25) is 0 Å². The smallest absolute Gasteiger partial charge is 0.348 e. The molecule has 112 valence electrons. The topological polar surface area (TPSA) is 56.3 Å². The molecule has 6 heteroatoms. The van der Waals surface area contributed by atoms with Crippen LogP contribution in [0.25, 0.3) is 21.0 Å². The van der Waals surface area contributed by atoms with E-state index in [-0.39, 0.29) is 5.97 Å². The first-order chi connectivity index (χ1) is 10.7. The van der Waals surface area contributed by atoms with Crippen molar-refractivity contribution >= 4 is 56.3 Å². The van der Waals surface area contributed by atoms with Crippen molar-refractivity contribution in [3.63, 3.8) is 0 Å². The Balaban J connectivity index is 2.25. The first-order valence-electron chi connectivity index (χ1n) is 6.71. The van der Waals surface area contributed by atoms with Gasteiger partial charge in [-0.3, -0.25) is 4.79 Å². The highest BCUT2D eigenvalue weighted by Crippen LogP contribution is 2.33. The molecule has 0 saturated carbocycles. The fraction of sp³-hybridized carbons (Fsp3) is 0.188. The number of aldehydes is 1. The van der Waals surface area contributed by atoms with Gasteiger partial charge in [0, 0.05) is 21.0 Å². The third-order valence-electron chi connectivity index (χ3n) is 3.29. The summed E-state index contributed by atoms with van der Waals surface area (Å²) in [6, 6.07) is 7.51. The number of carbonyl (C=O) groups excluding carboxylic acids is 2. The molecule has 3 rings (SSSR count). The van der Waals surface area contributed by atoms with E-state index in [1.807, 2.05) is 30.5 Å². The van der Waals surface area contributed by atoms with Crippen LogP contribution in [0.2, 0.25) is 0 Å². The maximum absolute atomic E-state index is 11.9. The van der Waals surface area contributed by atoms with Gasteiger partial charge in [-0.25, -0.2) is 9.78 Å². The number of ether oxygens (including phenoxy) is 1. The number of fused-ring (bicyclic) bond motifs is 3. The number of carbonyl (C=O) groups is 2.